The molecule has 138 valence electrons. The summed E-state index contributed by atoms with van der Waals surface area (Å²) in [6.45, 7) is 3.79. The largest absolute Gasteiger partial charge is 0.497 e. The molecule has 1 amide bonds. The summed E-state index contributed by atoms with van der Waals surface area (Å²) in [5, 5.41) is 1.38. The summed E-state index contributed by atoms with van der Waals surface area (Å²) in [6.07, 6.45) is 3.30. The van der Waals surface area contributed by atoms with Gasteiger partial charge in [-0.3, -0.25) is 4.79 Å². The molecule has 27 heavy (non-hydrogen) atoms. The molecule has 0 saturated carbocycles. The first-order chi connectivity index (χ1) is 13.2. The van der Waals surface area contributed by atoms with Crippen LogP contribution in [0.15, 0.2) is 42.5 Å². The molecule has 1 aromatic heterocycles. The minimum Gasteiger partial charge on any atom is -0.497 e. The van der Waals surface area contributed by atoms with Crippen LogP contribution >= 0.6 is 0 Å². The zero-order valence-electron chi connectivity index (χ0n) is 15.9. The summed E-state index contributed by atoms with van der Waals surface area (Å²) in [6, 6.07) is 14.4. The van der Waals surface area contributed by atoms with Crippen LogP contribution in [-0.4, -0.2) is 29.0 Å². The normalized spacial score (nSPS) is 18.4. The SMILES string of the molecule is COc1ccc(C(=O)N2CCn3c4c(c5cc(C)ccc53)CCC[C@H]42)cc1. The Morgan fingerprint density at radius 2 is 1.93 bits per heavy atom. The van der Waals surface area contributed by atoms with Crippen LogP contribution in [0.1, 0.15) is 46.1 Å². The molecule has 0 unspecified atom stereocenters. The van der Waals surface area contributed by atoms with E-state index < -0.39 is 0 Å². The number of fused-ring (bicyclic) bond motifs is 3. The number of nitrogens with zero attached hydrogens (tertiary/aromatic N) is 2. The van der Waals surface area contributed by atoms with E-state index in [9.17, 15) is 4.79 Å². The van der Waals surface area contributed by atoms with Crippen molar-refractivity contribution in [2.75, 3.05) is 13.7 Å². The first kappa shape index (κ1) is 16.4. The van der Waals surface area contributed by atoms with E-state index in [0.29, 0.717) is 0 Å². The van der Waals surface area contributed by atoms with Gasteiger partial charge in [0.25, 0.3) is 5.91 Å². The van der Waals surface area contributed by atoms with E-state index in [1.807, 2.05) is 24.3 Å². The van der Waals surface area contributed by atoms with Crippen LogP contribution in [0.5, 0.6) is 5.75 Å². The fraction of sp³-hybridized carbons (Fsp3) is 0.348. The van der Waals surface area contributed by atoms with Gasteiger partial charge in [-0.05, 0) is 68.1 Å². The number of aryl methyl sites for hydroxylation is 2. The van der Waals surface area contributed by atoms with E-state index in [1.54, 1.807) is 7.11 Å². The molecular weight excluding hydrogens is 336 g/mol. The van der Waals surface area contributed by atoms with Gasteiger partial charge in [-0.2, -0.15) is 0 Å². The molecule has 1 aliphatic carbocycles. The topological polar surface area (TPSA) is 34.5 Å². The molecule has 0 bridgehead atoms. The average Bonchev–Trinajstić information content (AvgIpc) is 3.03. The molecule has 1 atom stereocenters. The quantitative estimate of drug-likeness (QED) is 0.675. The van der Waals surface area contributed by atoms with Crippen molar-refractivity contribution >= 4 is 16.8 Å². The second-order valence-corrected chi connectivity index (χ2v) is 7.67. The number of aromatic nitrogens is 1. The zero-order valence-corrected chi connectivity index (χ0v) is 15.9. The van der Waals surface area contributed by atoms with Crippen molar-refractivity contribution < 1.29 is 9.53 Å². The standard InChI is InChI=1S/C23H24N2O2/c1-15-6-11-20-19(14-15)18-4-3-5-21-22(18)24(20)12-13-25(21)23(26)16-7-9-17(27-2)10-8-16/h6-11,14,21H,3-5,12-13H2,1-2H3/t21-/m1/s1. The van der Waals surface area contributed by atoms with Gasteiger partial charge in [0.2, 0.25) is 0 Å². The predicted octanol–water partition coefficient (Wildman–Crippen LogP) is 4.49. The third kappa shape index (κ3) is 2.47. The van der Waals surface area contributed by atoms with Gasteiger partial charge >= 0.3 is 0 Å². The van der Waals surface area contributed by atoms with Crippen molar-refractivity contribution in [1.29, 1.82) is 0 Å². The zero-order chi connectivity index (χ0) is 18.5. The van der Waals surface area contributed by atoms with Crippen molar-refractivity contribution in [3.8, 4) is 5.75 Å². The molecule has 3 aromatic rings. The minimum absolute atomic E-state index is 0.128. The Kier molecular flexibility index (Phi) is 3.74. The highest BCUT2D eigenvalue weighted by molar-refractivity contribution is 5.95. The monoisotopic (exact) mass is 360 g/mol. The van der Waals surface area contributed by atoms with Crippen LogP contribution in [0, 0.1) is 6.92 Å². The van der Waals surface area contributed by atoms with Crippen molar-refractivity contribution in [3.05, 3.63) is 64.8 Å². The number of hydrogen-bond donors (Lipinski definition) is 0. The first-order valence-electron chi connectivity index (χ1n) is 9.74. The molecular formula is C23H24N2O2. The second kappa shape index (κ2) is 6.15. The van der Waals surface area contributed by atoms with Gasteiger partial charge in [-0.1, -0.05) is 11.6 Å². The maximum atomic E-state index is 13.3. The van der Waals surface area contributed by atoms with Gasteiger partial charge in [0.1, 0.15) is 5.75 Å². The Hall–Kier alpha value is -2.75. The van der Waals surface area contributed by atoms with Crippen molar-refractivity contribution in [1.82, 2.24) is 9.47 Å². The van der Waals surface area contributed by atoms with Crippen molar-refractivity contribution in [2.24, 2.45) is 0 Å². The molecule has 0 spiro atoms. The Morgan fingerprint density at radius 3 is 2.70 bits per heavy atom. The lowest BCUT2D eigenvalue weighted by Crippen LogP contribution is -2.43. The van der Waals surface area contributed by atoms with Crippen LogP contribution < -0.4 is 4.74 Å². The molecule has 5 rings (SSSR count). The summed E-state index contributed by atoms with van der Waals surface area (Å²) in [4.78, 5) is 15.3. The third-order valence-corrected chi connectivity index (χ3v) is 6.13. The molecule has 2 aromatic carbocycles. The highest BCUT2D eigenvalue weighted by Gasteiger charge is 2.37. The molecule has 0 N–H and O–H groups in total. The second-order valence-electron chi connectivity index (χ2n) is 7.67. The fourth-order valence-electron chi connectivity index (χ4n) is 4.86. The van der Waals surface area contributed by atoms with Gasteiger partial charge in [-0.25, -0.2) is 0 Å². The number of ether oxygens (including phenoxy) is 1. The predicted molar refractivity (Wildman–Crippen MR) is 106 cm³/mol. The van der Waals surface area contributed by atoms with Crippen LogP contribution in [0.4, 0.5) is 0 Å². The van der Waals surface area contributed by atoms with Crippen molar-refractivity contribution in [2.45, 2.75) is 38.8 Å². The Bertz CT molecular complexity index is 1030. The first-order valence-corrected chi connectivity index (χ1v) is 9.74. The lowest BCUT2D eigenvalue weighted by Gasteiger charge is -2.40. The lowest BCUT2D eigenvalue weighted by molar-refractivity contribution is 0.0601. The molecule has 0 saturated heterocycles. The summed E-state index contributed by atoms with van der Waals surface area (Å²) < 4.78 is 7.69. The van der Waals surface area contributed by atoms with Gasteiger partial charge < -0.3 is 14.2 Å². The summed E-state index contributed by atoms with van der Waals surface area (Å²) in [5.41, 5.74) is 6.19. The van der Waals surface area contributed by atoms with Crippen LogP contribution in [0.3, 0.4) is 0 Å². The average molecular weight is 360 g/mol. The Morgan fingerprint density at radius 1 is 1.11 bits per heavy atom. The smallest absolute Gasteiger partial charge is 0.254 e. The molecule has 2 aliphatic rings. The number of methoxy groups -OCH3 is 1. The molecule has 2 heterocycles. The number of rotatable bonds is 2. The highest BCUT2D eigenvalue weighted by Crippen LogP contribution is 2.43. The highest BCUT2D eigenvalue weighted by atomic mass is 16.5. The molecule has 1 aliphatic heterocycles. The van der Waals surface area contributed by atoms with Gasteiger partial charge in [-0.15, -0.1) is 0 Å². The molecule has 4 nitrogen and oxygen atoms in total. The maximum absolute atomic E-state index is 13.3. The molecule has 4 heteroatoms. The Labute approximate surface area is 159 Å². The molecule has 0 fully saturated rings. The maximum Gasteiger partial charge on any atom is 0.254 e. The fourth-order valence-corrected chi connectivity index (χ4v) is 4.86. The van der Waals surface area contributed by atoms with E-state index in [0.717, 1.165) is 43.7 Å². The van der Waals surface area contributed by atoms with Gasteiger partial charge in [0, 0.05) is 35.2 Å². The lowest BCUT2D eigenvalue weighted by atomic mass is 9.89. The van der Waals surface area contributed by atoms with Crippen LogP contribution in [0.25, 0.3) is 10.9 Å². The number of carbonyl (C=O) groups is 1. The van der Waals surface area contributed by atoms with Crippen LogP contribution in [0.2, 0.25) is 0 Å². The minimum atomic E-state index is 0.128. The summed E-state index contributed by atoms with van der Waals surface area (Å²) in [5.74, 6) is 0.906. The number of carbonyl (C=O) groups excluding carboxylic acids is 1. The molecule has 0 radical (unpaired) electrons. The van der Waals surface area contributed by atoms with Gasteiger partial charge in [0.05, 0.1) is 13.2 Å². The number of benzene rings is 2. The number of hydrogen-bond acceptors (Lipinski definition) is 2. The Balaban J connectivity index is 1.57. The van der Waals surface area contributed by atoms with Crippen LogP contribution in [-0.2, 0) is 13.0 Å². The van der Waals surface area contributed by atoms with Crippen molar-refractivity contribution in [3.63, 3.8) is 0 Å². The number of amides is 1. The summed E-state index contributed by atoms with van der Waals surface area (Å²) >= 11 is 0. The van der Waals surface area contributed by atoms with E-state index in [-0.39, 0.29) is 11.9 Å². The summed E-state index contributed by atoms with van der Waals surface area (Å²) in [7, 11) is 1.64. The van der Waals surface area contributed by atoms with Gasteiger partial charge in [0.15, 0.2) is 0 Å². The van der Waals surface area contributed by atoms with E-state index in [4.69, 9.17) is 4.74 Å². The van der Waals surface area contributed by atoms with E-state index in [1.165, 1.54) is 27.7 Å². The van der Waals surface area contributed by atoms with E-state index in [2.05, 4.69) is 34.6 Å². The van der Waals surface area contributed by atoms with E-state index >= 15 is 0 Å². The third-order valence-electron chi connectivity index (χ3n) is 6.13.